The third kappa shape index (κ3) is 3.65. The molecule has 1 aliphatic rings. The van der Waals surface area contributed by atoms with Crippen LogP contribution in [0.3, 0.4) is 0 Å². The average Bonchev–Trinajstić information content (AvgIpc) is 2.99. The van der Waals surface area contributed by atoms with Gasteiger partial charge < -0.3 is 4.74 Å². The lowest BCUT2D eigenvalue weighted by molar-refractivity contribution is -0.133. The first-order chi connectivity index (χ1) is 12.5. The lowest BCUT2D eigenvalue weighted by Gasteiger charge is -2.24. The third-order valence-corrected chi connectivity index (χ3v) is 4.61. The molecular formula is C20H19F2NO3. The van der Waals surface area contributed by atoms with Crippen LogP contribution in [0.2, 0.25) is 0 Å². The molecule has 2 aromatic carbocycles. The number of carbonyl (C=O) groups excluding carboxylic acids is 2. The highest BCUT2D eigenvalue weighted by atomic mass is 19.3. The van der Waals surface area contributed by atoms with Crippen molar-refractivity contribution in [1.82, 2.24) is 4.90 Å². The van der Waals surface area contributed by atoms with E-state index in [9.17, 15) is 18.4 Å². The average molecular weight is 359 g/mol. The van der Waals surface area contributed by atoms with Gasteiger partial charge in [-0.1, -0.05) is 36.4 Å². The molecule has 1 heterocycles. The molecule has 0 amide bonds. The Balaban J connectivity index is 1.85. The van der Waals surface area contributed by atoms with Gasteiger partial charge in [-0.05, 0) is 35.2 Å². The molecule has 0 saturated heterocycles. The predicted molar refractivity (Wildman–Crippen MR) is 92.2 cm³/mol. The number of ether oxygens (including phenoxy) is 1. The fourth-order valence-electron chi connectivity index (χ4n) is 3.36. The number of aldehydes is 1. The lowest BCUT2D eigenvalue weighted by Crippen LogP contribution is -2.29. The maximum Gasteiger partial charge on any atom is 0.272 e. The van der Waals surface area contributed by atoms with Crippen molar-refractivity contribution < 1.29 is 23.1 Å². The van der Waals surface area contributed by atoms with Gasteiger partial charge in [0.05, 0.1) is 0 Å². The van der Waals surface area contributed by atoms with E-state index >= 15 is 0 Å². The number of alkyl halides is 2. The molecule has 0 aromatic heterocycles. The van der Waals surface area contributed by atoms with Gasteiger partial charge in [-0.15, -0.1) is 0 Å². The number of halogens is 2. The van der Waals surface area contributed by atoms with E-state index in [0.717, 1.165) is 22.3 Å². The molecule has 0 N–H and O–H groups in total. The zero-order chi connectivity index (χ0) is 18.7. The van der Waals surface area contributed by atoms with Gasteiger partial charge in [-0.3, -0.25) is 14.5 Å². The van der Waals surface area contributed by atoms with Gasteiger partial charge in [-0.2, -0.15) is 0 Å². The summed E-state index contributed by atoms with van der Waals surface area (Å²) in [6.45, 7) is 2.10. The van der Waals surface area contributed by atoms with Gasteiger partial charge in [-0.25, -0.2) is 8.78 Å². The molecule has 0 spiro atoms. The molecule has 1 unspecified atom stereocenters. The maximum absolute atomic E-state index is 12.4. The van der Waals surface area contributed by atoms with Crippen LogP contribution in [-0.4, -0.2) is 30.0 Å². The van der Waals surface area contributed by atoms with Crippen LogP contribution in [-0.2, 0) is 22.7 Å². The zero-order valence-corrected chi connectivity index (χ0v) is 14.3. The fourth-order valence-corrected chi connectivity index (χ4v) is 3.36. The molecule has 2 aromatic rings. The Morgan fingerprint density at radius 3 is 2.77 bits per heavy atom. The summed E-state index contributed by atoms with van der Waals surface area (Å²) in [6, 6.07) is 12.2. The van der Waals surface area contributed by atoms with E-state index in [1.165, 1.54) is 0 Å². The number of ketones is 1. The summed E-state index contributed by atoms with van der Waals surface area (Å²) in [5.41, 5.74) is 3.47. The van der Waals surface area contributed by atoms with Crippen LogP contribution in [0.25, 0.3) is 0 Å². The first kappa shape index (κ1) is 18.2. The number of benzene rings is 2. The van der Waals surface area contributed by atoms with Crippen molar-refractivity contribution in [3.63, 3.8) is 0 Å². The summed E-state index contributed by atoms with van der Waals surface area (Å²) in [5, 5.41) is 0. The minimum absolute atomic E-state index is 0.356. The highest BCUT2D eigenvalue weighted by molar-refractivity contribution is 6.27. The molecule has 0 radical (unpaired) electrons. The Morgan fingerprint density at radius 1 is 1.27 bits per heavy atom. The van der Waals surface area contributed by atoms with Crippen LogP contribution in [0, 0.1) is 6.92 Å². The molecule has 136 valence electrons. The molecule has 0 bridgehead atoms. The topological polar surface area (TPSA) is 46.6 Å². The molecule has 26 heavy (non-hydrogen) atoms. The van der Waals surface area contributed by atoms with Crippen LogP contribution >= 0.6 is 0 Å². The minimum atomic E-state index is -2.54. The van der Waals surface area contributed by atoms with E-state index in [1.807, 2.05) is 35.2 Å². The van der Waals surface area contributed by atoms with Gasteiger partial charge in [0.15, 0.2) is 6.29 Å². The number of carbonyl (C=O) groups is 2. The van der Waals surface area contributed by atoms with E-state index in [2.05, 4.69) is 0 Å². The highest BCUT2D eigenvalue weighted by Crippen LogP contribution is 2.36. The van der Waals surface area contributed by atoms with Crippen molar-refractivity contribution in [2.24, 2.45) is 0 Å². The largest absolute Gasteiger partial charge is 0.487 e. The SMILES string of the molecule is Cc1c(CN2Cc3ccccc3C2C(=O)C=O)cccc1OCC(F)F. The standard InChI is InChI=1S/C20H19F2NO3/c1-13-14(6-4-8-18(13)26-12-19(21)22)9-23-10-15-5-2-3-7-16(15)20(23)17(25)11-24/h2-8,11,19-20H,9-10,12H2,1H3. The molecular weight excluding hydrogens is 340 g/mol. The Hall–Kier alpha value is -2.60. The Morgan fingerprint density at radius 2 is 2.04 bits per heavy atom. The highest BCUT2D eigenvalue weighted by Gasteiger charge is 2.35. The van der Waals surface area contributed by atoms with Crippen LogP contribution in [0.15, 0.2) is 42.5 Å². The maximum atomic E-state index is 12.4. The summed E-state index contributed by atoms with van der Waals surface area (Å²) in [5.74, 6) is -0.0875. The zero-order valence-electron chi connectivity index (χ0n) is 14.3. The van der Waals surface area contributed by atoms with Gasteiger partial charge in [0, 0.05) is 13.1 Å². The third-order valence-electron chi connectivity index (χ3n) is 4.61. The summed E-state index contributed by atoms with van der Waals surface area (Å²) in [4.78, 5) is 25.2. The second kappa shape index (κ2) is 7.74. The number of hydrogen-bond acceptors (Lipinski definition) is 4. The van der Waals surface area contributed by atoms with Crippen molar-refractivity contribution in [1.29, 1.82) is 0 Å². The van der Waals surface area contributed by atoms with Gasteiger partial charge in [0.1, 0.15) is 18.4 Å². The number of fused-ring (bicyclic) bond motifs is 1. The summed E-state index contributed by atoms with van der Waals surface area (Å²) in [7, 11) is 0. The van der Waals surface area contributed by atoms with Gasteiger partial charge in [0.25, 0.3) is 6.43 Å². The van der Waals surface area contributed by atoms with Gasteiger partial charge >= 0.3 is 0 Å². The molecule has 1 atom stereocenters. The van der Waals surface area contributed by atoms with Crippen LogP contribution < -0.4 is 4.74 Å². The Kier molecular flexibility index (Phi) is 5.42. The van der Waals surface area contributed by atoms with Gasteiger partial charge in [0.2, 0.25) is 5.78 Å². The summed E-state index contributed by atoms with van der Waals surface area (Å²) in [6.07, 6.45) is -2.19. The smallest absolute Gasteiger partial charge is 0.272 e. The second-order valence-electron chi connectivity index (χ2n) is 6.27. The molecule has 0 saturated carbocycles. The molecule has 3 rings (SSSR count). The van der Waals surface area contributed by atoms with Crippen molar-refractivity contribution in [3.05, 3.63) is 64.7 Å². The van der Waals surface area contributed by atoms with Crippen LogP contribution in [0.5, 0.6) is 5.75 Å². The normalized spacial score (nSPS) is 16.5. The number of Topliss-reactive ketones (excluding diaryl/α,β-unsaturated/α-hetero) is 1. The summed E-state index contributed by atoms with van der Waals surface area (Å²) >= 11 is 0. The van der Waals surface area contributed by atoms with E-state index in [-0.39, 0.29) is 0 Å². The van der Waals surface area contributed by atoms with E-state index in [4.69, 9.17) is 4.74 Å². The van der Waals surface area contributed by atoms with Crippen molar-refractivity contribution >= 4 is 12.1 Å². The quantitative estimate of drug-likeness (QED) is 0.561. The molecule has 6 heteroatoms. The molecule has 0 aliphatic carbocycles. The summed E-state index contributed by atoms with van der Waals surface area (Å²) < 4.78 is 30.0. The Labute approximate surface area is 150 Å². The number of rotatable bonds is 7. The predicted octanol–water partition coefficient (Wildman–Crippen LogP) is 3.46. The first-order valence-corrected chi connectivity index (χ1v) is 8.31. The van der Waals surface area contributed by atoms with E-state index < -0.39 is 24.9 Å². The minimum Gasteiger partial charge on any atom is -0.487 e. The number of hydrogen-bond donors (Lipinski definition) is 0. The lowest BCUT2D eigenvalue weighted by atomic mass is 10.0. The fraction of sp³-hybridized carbons (Fsp3) is 0.300. The molecule has 4 nitrogen and oxygen atoms in total. The van der Waals surface area contributed by atoms with Crippen molar-refractivity contribution in [2.75, 3.05) is 6.61 Å². The Bertz CT molecular complexity index is 822. The van der Waals surface area contributed by atoms with Crippen molar-refractivity contribution in [3.8, 4) is 5.75 Å². The van der Waals surface area contributed by atoms with Crippen LogP contribution in [0.1, 0.15) is 28.3 Å². The molecule has 1 aliphatic heterocycles. The van der Waals surface area contributed by atoms with E-state index in [1.54, 1.807) is 19.1 Å². The number of nitrogens with zero attached hydrogens (tertiary/aromatic N) is 1. The van der Waals surface area contributed by atoms with Crippen molar-refractivity contribution in [2.45, 2.75) is 32.5 Å². The first-order valence-electron chi connectivity index (χ1n) is 8.31. The van der Waals surface area contributed by atoms with E-state index in [0.29, 0.717) is 25.1 Å². The second-order valence-corrected chi connectivity index (χ2v) is 6.27. The molecule has 0 fully saturated rings. The van der Waals surface area contributed by atoms with Crippen LogP contribution in [0.4, 0.5) is 8.78 Å². The monoisotopic (exact) mass is 359 g/mol.